The highest BCUT2D eigenvalue weighted by Crippen LogP contribution is 2.49. The standard InChI is InChI=1S/C46H32N2/c1-3-11-33-27-43-37(35(33)4-2)21-22-40-42-26-32(19-23-44(42)48(46(40)43)34-15-10-12-29(24-34)28-47)31-18-20-39-41(25-31)36-16-8-9-17-38(36)45(39)30-13-6-5-7-14-30/h3-26,45H,2,27H2,1H3/b11-3-. The average Bonchev–Trinajstić information content (AvgIpc) is 3.78. The molecule has 2 aliphatic carbocycles. The van der Waals surface area contributed by atoms with E-state index in [9.17, 15) is 5.26 Å². The minimum absolute atomic E-state index is 0.236. The lowest BCUT2D eigenvalue weighted by atomic mass is 9.89. The predicted octanol–water partition coefficient (Wildman–Crippen LogP) is 11.6. The first kappa shape index (κ1) is 28.1. The number of benzene rings is 6. The summed E-state index contributed by atoms with van der Waals surface area (Å²) in [6, 6.07) is 48.4. The third-order valence-electron chi connectivity index (χ3n) is 10.2. The quantitative estimate of drug-likeness (QED) is 0.190. The molecule has 2 heteroatoms. The Morgan fingerprint density at radius 2 is 1.52 bits per heavy atom. The molecule has 0 aliphatic heterocycles. The largest absolute Gasteiger partial charge is 0.309 e. The van der Waals surface area contributed by atoms with Crippen molar-refractivity contribution in [3.05, 3.63) is 191 Å². The molecule has 0 spiro atoms. The summed E-state index contributed by atoms with van der Waals surface area (Å²) in [5, 5.41) is 12.2. The molecule has 7 aromatic rings. The van der Waals surface area contributed by atoms with Crippen LogP contribution in [0.3, 0.4) is 0 Å². The van der Waals surface area contributed by atoms with Crippen LogP contribution in [0.2, 0.25) is 0 Å². The molecule has 0 amide bonds. The number of hydrogen-bond donors (Lipinski definition) is 0. The molecule has 48 heavy (non-hydrogen) atoms. The van der Waals surface area contributed by atoms with Crippen LogP contribution < -0.4 is 0 Å². The summed E-state index contributed by atoms with van der Waals surface area (Å²) < 4.78 is 2.36. The molecule has 2 nitrogen and oxygen atoms in total. The second-order valence-electron chi connectivity index (χ2n) is 12.8. The van der Waals surface area contributed by atoms with Crippen LogP contribution in [0.15, 0.2) is 158 Å². The zero-order valence-corrected chi connectivity index (χ0v) is 26.7. The van der Waals surface area contributed by atoms with Gasteiger partial charge in [0, 0.05) is 28.8 Å². The third kappa shape index (κ3) is 4.11. The second-order valence-corrected chi connectivity index (χ2v) is 12.8. The van der Waals surface area contributed by atoms with Crippen molar-refractivity contribution < 1.29 is 0 Å². The van der Waals surface area contributed by atoms with Gasteiger partial charge in [-0.3, -0.25) is 0 Å². The number of aromatic nitrogens is 1. The van der Waals surface area contributed by atoms with Gasteiger partial charge in [-0.25, -0.2) is 0 Å². The molecule has 1 unspecified atom stereocenters. The molecule has 1 aromatic heterocycles. The van der Waals surface area contributed by atoms with Gasteiger partial charge in [0.25, 0.3) is 0 Å². The Balaban J connectivity index is 1.26. The van der Waals surface area contributed by atoms with Crippen molar-refractivity contribution >= 4 is 27.4 Å². The van der Waals surface area contributed by atoms with E-state index >= 15 is 0 Å². The molecule has 1 atom stereocenters. The van der Waals surface area contributed by atoms with E-state index in [2.05, 4.69) is 145 Å². The van der Waals surface area contributed by atoms with Gasteiger partial charge in [-0.15, -0.1) is 0 Å². The van der Waals surface area contributed by atoms with Gasteiger partial charge in [0.1, 0.15) is 0 Å². The summed E-state index contributed by atoms with van der Waals surface area (Å²) in [4.78, 5) is 0. The predicted molar refractivity (Wildman–Crippen MR) is 199 cm³/mol. The maximum atomic E-state index is 9.79. The summed E-state index contributed by atoms with van der Waals surface area (Å²) in [5.74, 6) is 0.236. The van der Waals surface area contributed by atoms with E-state index in [0.717, 1.165) is 17.6 Å². The first-order valence-corrected chi connectivity index (χ1v) is 16.6. The number of allylic oxidation sites excluding steroid dienone is 5. The Labute approximate surface area is 280 Å². The summed E-state index contributed by atoms with van der Waals surface area (Å²) >= 11 is 0. The molecule has 1 heterocycles. The van der Waals surface area contributed by atoms with Crippen LogP contribution in [-0.4, -0.2) is 4.57 Å². The van der Waals surface area contributed by atoms with Gasteiger partial charge in [-0.1, -0.05) is 116 Å². The van der Waals surface area contributed by atoms with Crippen LogP contribution in [0, 0.1) is 11.3 Å². The van der Waals surface area contributed by atoms with E-state index in [0.29, 0.717) is 5.56 Å². The second kappa shape index (κ2) is 11.0. The third-order valence-corrected chi connectivity index (χ3v) is 10.2. The fraction of sp³-hybridized carbons (Fsp3) is 0.0652. The Morgan fingerprint density at radius 1 is 0.729 bits per heavy atom. The number of nitrogens with zero attached hydrogens (tertiary/aromatic N) is 2. The van der Waals surface area contributed by atoms with Crippen molar-refractivity contribution in [3.63, 3.8) is 0 Å². The van der Waals surface area contributed by atoms with Gasteiger partial charge < -0.3 is 4.57 Å². The van der Waals surface area contributed by atoms with Crippen LogP contribution in [0.4, 0.5) is 0 Å². The van der Waals surface area contributed by atoms with Crippen molar-refractivity contribution in [2.24, 2.45) is 0 Å². The van der Waals surface area contributed by atoms with Crippen molar-refractivity contribution in [3.8, 4) is 34.0 Å². The Hall–Kier alpha value is -6.17. The lowest BCUT2D eigenvalue weighted by molar-refractivity contribution is 1.02. The zero-order valence-electron chi connectivity index (χ0n) is 26.7. The van der Waals surface area contributed by atoms with Gasteiger partial charge in [-0.2, -0.15) is 5.26 Å². The van der Waals surface area contributed by atoms with Gasteiger partial charge in [-0.05, 0) is 105 Å². The van der Waals surface area contributed by atoms with Gasteiger partial charge >= 0.3 is 0 Å². The molecule has 0 fully saturated rings. The highest BCUT2D eigenvalue weighted by atomic mass is 15.0. The monoisotopic (exact) mass is 612 g/mol. The molecular formula is C46H32N2. The van der Waals surface area contributed by atoms with Crippen LogP contribution >= 0.6 is 0 Å². The maximum Gasteiger partial charge on any atom is 0.0992 e. The topological polar surface area (TPSA) is 28.7 Å². The molecule has 9 rings (SSSR count). The smallest absolute Gasteiger partial charge is 0.0992 e. The molecule has 226 valence electrons. The van der Waals surface area contributed by atoms with Gasteiger partial charge in [0.15, 0.2) is 0 Å². The van der Waals surface area contributed by atoms with E-state index in [1.54, 1.807) is 0 Å². The number of rotatable bonds is 5. The summed E-state index contributed by atoms with van der Waals surface area (Å²) in [6.45, 7) is 6.24. The molecular weight excluding hydrogens is 581 g/mol. The van der Waals surface area contributed by atoms with Gasteiger partial charge in [0.05, 0.1) is 22.7 Å². The van der Waals surface area contributed by atoms with Crippen LogP contribution in [0.25, 0.3) is 55.3 Å². The highest BCUT2D eigenvalue weighted by molar-refractivity contribution is 6.13. The van der Waals surface area contributed by atoms with E-state index in [1.807, 2.05) is 24.3 Å². The van der Waals surface area contributed by atoms with Crippen LogP contribution in [0.5, 0.6) is 0 Å². The minimum Gasteiger partial charge on any atom is -0.309 e. The Morgan fingerprint density at radius 3 is 2.35 bits per heavy atom. The SMILES string of the molecule is C=CC1=C(/C=C\C)Cc2c1ccc1c3cc(-c4ccc5c(c4)-c4ccccc4C5c4ccccc4)ccc3n(-c3cccc(C#N)c3)c21. The summed E-state index contributed by atoms with van der Waals surface area (Å²) in [5.41, 5.74) is 18.1. The molecule has 0 N–H and O–H groups in total. The van der Waals surface area contributed by atoms with Crippen LogP contribution in [0.1, 0.15) is 46.2 Å². The minimum atomic E-state index is 0.236. The van der Waals surface area contributed by atoms with E-state index in [4.69, 9.17) is 0 Å². The van der Waals surface area contributed by atoms with Crippen molar-refractivity contribution in [2.75, 3.05) is 0 Å². The first-order chi connectivity index (χ1) is 23.7. The fourth-order valence-electron chi connectivity index (χ4n) is 8.21. The summed E-state index contributed by atoms with van der Waals surface area (Å²) in [6.07, 6.45) is 7.14. The van der Waals surface area contributed by atoms with Crippen molar-refractivity contribution in [1.82, 2.24) is 4.57 Å². The highest BCUT2D eigenvalue weighted by Gasteiger charge is 2.30. The maximum absolute atomic E-state index is 9.79. The average molecular weight is 613 g/mol. The van der Waals surface area contributed by atoms with E-state index in [1.165, 1.54) is 77.5 Å². The zero-order chi connectivity index (χ0) is 32.4. The Bertz CT molecular complexity index is 2570. The first-order valence-electron chi connectivity index (χ1n) is 16.6. The lowest BCUT2D eigenvalue weighted by Gasteiger charge is -2.14. The molecule has 0 bridgehead atoms. The number of nitriles is 1. The molecule has 6 aromatic carbocycles. The van der Waals surface area contributed by atoms with Gasteiger partial charge in [0.2, 0.25) is 0 Å². The van der Waals surface area contributed by atoms with E-state index < -0.39 is 0 Å². The Kier molecular flexibility index (Phi) is 6.42. The van der Waals surface area contributed by atoms with E-state index in [-0.39, 0.29) is 5.92 Å². The number of fused-ring (bicyclic) bond motifs is 8. The molecule has 0 saturated carbocycles. The molecule has 2 aliphatic rings. The summed E-state index contributed by atoms with van der Waals surface area (Å²) in [7, 11) is 0. The normalized spacial score (nSPS) is 14.8. The lowest BCUT2D eigenvalue weighted by Crippen LogP contribution is -1.98. The van der Waals surface area contributed by atoms with Crippen molar-refractivity contribution in [2.45, 2.75) is 19.3 Å². The number of hydrogen-bond acceptors (Lipinski definition) is 1. The van der Waals surface area contributed by atoms with Crippen molar-refractivity contribution in [1.29, 1.82) is 5.26 Å². The van der Waals surface area contributed by atoms with Crippen LogP contribution in [-0.2, 0) is 6.42 Å². The fourth-order valence-corrected chi connectivity index (χ4v) is 8.21. The molecule has 0 radical (unpaired) electrons. The molecule has 0 saturated heterocycles.